The van der Waals surface area contributed by atoms with Crippen LogP contribution in [0.2, 0.25) is 0 Å². The van der Waals surface area contributed by atoms with Crippen LogP contribution >= 0.6 is 0 Å². The maximum atomic E-state index is 11.9. The largest absolute Gasteiger partial charge is 0.477 e. The third-order valence-electron chi connectivity index (χ3n) is 3.25. The summed E-state index contributed by atoms with van der Waals surface area (Å²) < 4.78 is 1.50. The Labute approximate surface area is 93.1 Å². The standard InChI is InChI=1S/C11H16N2O3/c1-7-9(11(15)16)10(14)13(12-7)8-5-3-2-4-6-8/h8,12H,2-6H2,1H3,(H,15,16). The van der Waals surface area contributed by atoms with Crippen molar-refractivity contribution in [2.24, 2.45) is 0 Å². The van der Waals surface area contributed by atoms with Gasteiger partial charge in [0.1, 0.15) is 5.56 Å². The van der Waals surface area contributed by atoms with Gasteiger partial charge in [0.05, 0.1) is 6.04 Å². The molecule has 0 amide bonds. The number of aryl methyl sites for hydroxylation is 1. The summed E-state index contributed by atoms with van der Waals surface area (Å²) in [6.07, 6.45) is 5.34. The van der Waals surface area contributed by atoms with Crippen molar-refractivity contribution < 1.29 is 9.90 Å². The molecule has 88 valence electrons. The first-order chi connectivity index (χ1) is 7.61. The van der Waals surface area contributed by atoms with Gasteiger partial charge < -0.3 is 5.11 Å². The molecule has 1 aromatic heterocycles. The highest BCUT2D eigenvalue weighted by Gasteiger charge is 2.23. The average molecular weight is 224 g/mol. The van der Waals surface area contributed by atoms with Gasteiger partial charge >= 0.3 is 5.97 Å². The van der Waals surface area contributed by atoms with Crippen molar-refractivity contribution >= 4 is 5.97 Å². The summed E-state index contributed by atoms with van der Waals surface area (Å²) in [5, 5.41) is 11.8. The number of hydrogen-bond acceptors (Lipinski definition) is 2. The molecule has 0 radical (unpaired) electrons. The van der Waals surface area contributed by atoms with E-state index in [-0.39, 0.29) is 11.6 Å². The molecule has 0 aromatic carbocycles. The third kappa shape index (κ3) is 1.77. The molecule has 0 atom stereocenters. The zero-order chi connectivity index (χ0) is 11.7. The highest BCUT2D eigenvalue weighted by molar-refractivity contribution is 5.88. The van der Waals surface area contributed by atoms with Crippen molar-refractivity contribution in [1.29, 1.82) is 0 Å². The van der Waals surface area contributed by atoms with Crippen LogP contribution in [-0.4, -0.2) is 20.9 Å². The maximum Gasteiger partial charge on any atom is 0.343 e. The van der Waals surface area contributed by atoms with Gasteiger partial charge in [-0.1, -0.05) is 19.3 Å². The van der Waals surface area contributed by atoms with Crippen molar-refractivity contribution in [1.82, 2.24) is 9.78 Å². The number of carboxylic acids is 1. The quantitative estimate of drug-likeness (QED) is 0.802. The Hall–Kier alpha value is -1.52. The molecule has 1 saturated carbocycles. The lowest BCUT2D eigenvalue weighted by Crippen LogP contribution is -2.27. The molecule has 2 N–H and O–H groups in total. The fourth-order valence-electron chi connectivity index (χ4n) is 2.42. The first-order valence-corrected chi connectivity index (χ1v) is 5.65. The third-order valence-corrected chi connectivity index (χ3v) is 3.25. The number of carbonyl (C=O) groups is 1. The van der Waals surface area contributed by atoms with E-state index in [4.69, 9.17) is 5.11 Å². The number of nitrogens with zero attached hydrogens (tertiary/aromatic N) is 1. The van der Waals surface area contributed by atoms with Crippen LogP contribution in [0.3, 0.4) is 0 Å². The fraction of sp³-hybridized carbons (Fsp3) is 0.636. The summed E-state index contributed by atoms with van der Waals surface area (Å²) in [4.78, 5) is 22.8. The molecule has 5 heteroatoms. The Morgan fingerprint density at radius 3 is 2.50 bits per heavy atom. The number of nitrogens with one attached hydrogen (secondary N) is 1. The second-order valence-electron chi connectivity index (χ2n) is 4.38. The van der Waals surface area contributed by atoms with Crippen molar-refractivity contribution in [3.05, 3.63) is 21.6 Å². The van der Waals surface area contributed by atoms with E-state index >= 15 is 0 Å². The van der Waals surface area contributed by atoms with E-state index in [1.54, 1.807) is 6.92 Å². The minimum atomic E-state index is -1.15. The lowest BCUT2D eigenvalue weighted by atomic mass is 9.96. The molecule has 1 heterocycles. The van der Waals surface area contributed by atoms with Crippen LogP contribution in [0.4, 0.5) is 0 Å². The molecule has 1 fully saturated rings. The van der Waals surface area contributed by atoms with E-state index in [1.807, 2.05) is 0 Å². The molecule has 0 spiro atoms. The normalized spacial score (nSPS) is 17.6. The molecule has 0 bridgehead atoms. The molecule has 5 nitrogen and oxygen atoms in total. The van der Waals surface area contributed by atoms with E-state index in [1.165, 1.54) is 11.1 Å². The number of H-pyrrole nitrogens is 1. The molecule has 1 aliphatic rings. The molecular weight excluding hydrogens is 208 g/mol. The number of rotatable bonds is 2. The minimum absolute atomic E-state index is 0.120. The highest BCUT2D eigenvalue weighted by Crippen LogP contribution is 2.26. The van der Waals surface area contributed by atoms with E-state index < -0.39 is 11.5 Å². The Morgan fingerprint density at radius 1 is 1.38 bits per heavy atom. The van der Waals surface area contributed by atoms with Crippen LogP contribution in [0.15, 0.2) is 4.79 Å². The van der Waals surface area contributed by atoms with Gasteiger partial charge in [-0.2, -0.15) is 0 Å². The Bertz CT molecular complexity index is 452. The van der Waals surface area contributed by atoms with Gasteiger partial charge in [-0.05, 0) is 19.8 Å². The second-order valence-corrected chi connectivity index (χ2v) is 4.38. The van der Waals surface area contributed by atoms with Crippen molar-refractivity contribution in [2.45, 2.75) is 45.1 Å². The summed E-state index contributed by atoms with van der Waals surface area (Å²) in [6, 6.07) is 0.146. The van der Waals surface area contributed by atoms with Gasteiger partial charge in [-0.3, -0.25) is 9.89 Å². The number of aromatic nitrogens is 2. The maximum absolute atomic E-state index is 11.9. The molecule has 0 aliphatic heterocycles. The van der Waals surface area contributed by atoms with Crippen molar-refractivity contribution in [3.8, 4) is 0 Å². The van der Waals surface area contributed by atoms with Crippen LogP contribution in [0, 0.1) is 6.92 Å². The SMILES string of the molecule is Cc1[nH]n(C2CCCCC2)c(=O)c1C(=O)O. The van der Waals surface area contributed by atoms with Gasteiger partial charge in [0.25, 0.3) is 5.56 Å². The van der Waals surface area contributed by atoms with Gasteiger partial charge in [-0.25, -0.2) is 9.48 Å². The predicted molar refractivity (Wildman–Crippen MR) is 58.9 cm³/mol. The van der Waals surface area contributed by atoms with E-state index in [9.17, 15) is 9.59 Å². The number of carboxylic acid groups (broad SMARTS) is 1. The van der Waals surface area contributed by atoms with Crippen LogP contribution in [-0.2, 0) is 0 Å². The lowest BCUT2D eigenvalue weighted by molar-refractivity contribution is 0.0694. The van der Waals surface area contributed by atoms with Gasteiger partial charge in [-0.15, -0.1) is 0 Å². The summed E-state index contributed by atoms with van der Waals surface area (Å²) in [5.74, 6) is -1.15. The number of aromatic carboxylic acids is 1. The minimum Gasteiger partial charge on any atom is -0.477 e. The van der Waals surface area contributed by atoms with Crippen molar-refractivity contribution in [3.63, 3.8) is 0 Å². The predicted octanol–water partition coefficient (Wildman–Crippen LogP) is 1.69. The summed E-state index contributed by atoms with van der Waals surface area (Å²) in [6.45, 7) is 1.63. The molecule has 2 rings (SSSR count). The first kappa shape index (κ1) is 11.0. The topological polar surface area (TPSA) is 75.1 Å². The molecular formula is C11H16N2O3. The van der Waals surface area contributed by atoms with Crippen LogP contribution in [0.1, 0.15) is 54.2 Å². The van der Waals surface area contributed by atoms with Gasteiger partial charge in [0.15, 0.2) is 0 Å². The molecule has 1 aliphatic carbocycles. The van der Waals surface area contributed by atoms with Gasteiger partial charge in [0, 0.05) is 5.69 Å². The zero-order valence-corrected chi connectivity index (χ0v) is 9.32. The van der Waals surface area contributed by atoms with Crippen molar-refractivity contribution in [2.75, 3.05) is 0 Å². The van der Waals surface area contributed by atoms with E-state index in [2.05, 4.69) is 5.10 Å². The number of hydrogen-bond donors (Lipinski definition) is 2. The van der Waals surface area contributed by atoms with Crippen LogP contribution < -0.4 is 5.56 Å². The fourth-order valence-corrected chi connectivity index (χ4v) is 2.42. The molecule has 1 aromatic rings. The first-order valence-electron chi connectivity index (χ1n) is 5.65. The number of aromatic amines is 1. The molecule has 16 heavy (non-hydrogen) atoms. The van der Waals surface area contributed by atoms with Gasteiger partial charge in [0.2, 0.25) is 0 Å². The Kier molecular flexibility index (Phi) is 2.85. The zero-order valence-electron chi connectivity index (χ0n) is 9.32. The van der Waals surface area contributed by atoms with Crippen LogP contribution in [0.5, 0.6) is 0 Å². The summed E-state index contributed by atoms with van der Waals surface area (Å²) in [7, 11) is 0. The average Bonchev–Trinajstić information content (AvgIpc) is 2.55. The Morgan fingerprint density at radius 2 is 2.00 bits per heavy atom. The molecule has 0 unspecified atom stereocenters. The van der Waals surface area contributed by atoms with E-state index in [0.717, 1.165) is 25.7 Å². The monoisotopic (exact) mass is 224 g/mol. The Balaban J connectivity index is 2.38. The van der Waals surface area contributed by atoms with E-state index in [0.29, 0.717) is 5.69 Å². The van der Waals surface area contributed by atoms with Crippen LogP contribution in [0.25, 0.3) is 0 Å². The summed E-state index contributed by atoms with van der Waals surface area (Å²) in [5.41, 5.74) is -0.0643. The molecule has 0 saturated heterocycles. The lowest BCUT2D eigenvalue weighted by Gasteiger charge is -2.21. The summed E-state index contributed by atoms with van der Waals surface area (Å²) >= 11 is 0. The second kappa shape index (κ2) is 4.15. The smallest absolute Gasteiger partial charge is 0.343 e. The highest BCUT2D eigenvalue weighted by atomic mass is 16.4.